The number of aryl methyl sites for hydroxylation is 2. The fourth-order valence-corrected chi connectivity index (χ4v) is 3.21. The molecule has 1 atom stereocenters. The first-order chi connectivity index (χ1) is 11.0. The molecule has 0 bridgehead atoms. The lowest BCUT2D eigenvalue weighted by atomic mass is 10.1. The number of hydrogen-bond acceptors (Lipinski definition) is 5. The van der Waals surface area contributed by atoms with Crippen molar-refractivity contribution < 1.29 is 9.53 Å². The molecule has 0 N–H and O–H groups in total. The topological polar surface area (TPSA) is 60.2 Å². The number of thioether (sulfide) groups is 1. The number of aromatic nitrogens is 3. The van der Waals surface area contributed by atoms with Crippen LogP contribution in [0.25, 0.3) is 0 Å². The molecule has 1 amide bonds. The minimum absolute atomic E-state index is 0.216. The molecule has 0 radical (unpaired) electrons. The maximum Gasteiger partial charge on any atom is 0.414 e. The smallest absolute Gasteiger partial charge is 0.414 e. The molecular weight excluding hydrogens is 312 g/mol. The number of hydrogen-bond donors (Lipinski definition) is 0. The molecule has 1 saturated heterocycles. The lowest BCUT2D eigenvalue weighted by Gasteiger charge is -2.14. The molecule has 1 unspecified atom stereocenters. The number of nitrogens with zero attached hydrogens (tertiary/aromatic N) is 4. The first-order valence-corrected chi connectivity index (χ1v) is 8.89. The number of carbonyl (C=O) groups is 1. The Balaban J connectivity index is 1.69. The van der Waals surface area contributed by atoms with Crippen LogP contribution in [0.15, 0.2) is 24.4 Å². The predicted octanol–water partition coefficient (Wildman–Crippen LogP) is 2.78. The summed E-state index contributed by atoms with van der Waals surface area (Å²) < 4.78 is 7.22. The van der Waals surface area contributed by atoms with E-state index in [9.17, 15) is 4.79 Å². The number of cyclic esters (lactones) is 1. The van der Waals surface area contributed by atoms with Crippen LogP contribution in [0.3, 0.4) is 0 Å². The average Bonchev–Trinajstić information content (AvgIpc) is 3.05. The molecule has 0 spiro atoms. The van der Waals surface area contributed by atoms with Gasteiger partial charge in [-0.05, 0) is 43.4 Å². The Morgan fingerprint density at radius 3 is 2.74 bits per heavy atom. The van der Waals surface area contributed by atoms with E-state index in [0.717, 1.165) is 28.3 Å². The van der Waals surface area contributed by atoms with Gasteiger partial charge in [-0.1, -0.05) is 11.3 Å². The van der Waals surface area contributed by atoms with E-state index in [1.165, 1.54) is 0 Å². The molecule has 0 saturated carbocycles. The number of amides is 1. The van der Waals surface area contributed by atoms with Crippen molar-refractivity contribution in [3.63, 3.8) is 0 Å². The van der Waals surface area contributed by atoms with Gasteiger partial charge >= 0.3 is 6.09 Å². The summed E-state index contributed by atoms with van der Waals surface area (Å²) in [4.78, 5) is 13.8. The first kappa shape index (κ1) is 15.9. The quantitative estimate of drug-likeness (QED) is 0.842. The van der Waals surface area contributed by atoms with Gasteiger partial charge in [0, 0.05) is 17.6 Å². The maximum atomic E-state index is 12.2. The highest BCUT2D eigenvalue weighted by Gasteiger charge is 2.33. The monoisotopic (exact) mass is 332 g/mol. The third-order valence-electron chi connectivity index (χ3n) is 3.66. The Morgan fingerprint density at radius 1 is 1.30 bits per heavy atom. The zero-order valence-corrected chi connectivity index (χ0v) is 14.3. The summed E-state index contributed by atoms with van der Waals surface area (Å²) in [7, 11) is 0. The van der Waals surface area contributed by atoms with Gasteiger partial charge < -0.3 is 4.74 Å². The molecule has 1 aromatic heterocycles. The van der Waals surface area contributed by atoms with Crippen LogP contribution in [0.4, 0.5) is 10.5 Å². The van der Waals surface area contributed by atoms with Gasteiger partial charge in [0.2, 0.25) is 0 Å². The molecule has 6 nitrogen and oxygen atoms in total. The molecule has 1 fully saturated rings. The van der Waals surface area contributed by atoms with E-state index in [-0.39, 0.29) is 12.2 Å². The van der Waals surface area contributed by atoms with Crippen LogP contribution in [-0.4, -0.2) is 40.0 Å². The van der Waals surface area contributed by atoms with E-state index in [0.29, 0.717) is 13.1 Å². The minimum atomic E-state index is -0.301. The van der Waals surface area contributed by atoms with Gasteiger partial charge in [-0.3, -0.25) is 4.90 Å². The van der Waals surface area contributed by atoms with Gasteiger partial charge in [0.15, 0.2) is 0 Å². The molecule has 0 aliphatic carbocycles. The van der Waals surface area contributed by atoms with E-state index in [4.69, 9.17) is 4.74 Å². The van der Waals surface area contributed by atoms with Gasteiger partial charge in [0.25, 0.3) is 0 Å². The standard InChI is InChI=1S/C16H20N4O2S/c1-11-4-12(2)6-14(5-11)20-9-15(22-16(20)21)8-19-7-13(10-23-3)17-18-19/h4-7,15H,8-10H2,1-3H3. The van der Waals surface area contributed by atoms with Crippen LogP contribution in [0.2, 0.25) is 0 Å². The lowest BCUT2D eigenvalue weighted by molar-refractivity contribution is 0.129. The molecule has 23 heavy (non-hydrogen) atoms. The normalized spacial score (nSPS) is 17.6. The number of rotatable bonds is 5. The van der Waals surface area contributed by atoms with Crippen molar-refractivity contribution in [2.75, 3.05) is 17.7 Å². The predicted molar refractivity (Wildman–Crippen MR) is 90.8 cm³/mol. The molecular formula is C16H20N4O2S. The van der Waals surface area contributed by atoms with E-state index in [1.54, 1.807) is 21.3 Å². The van der Waals surface area contributed by atoms with E-state index in [2.05, 4.69) is 16.4 Å². The molecule has 122 valence electrons. The van der Waals surface area contributed by atoms with Crippen molar-refractivity contribution in [1.29, 1.82) is 0 Å². The number of carbonyl (C=O) groups excluding carboxylic acids is 1. The van der Waals surface area contributed by atoms with Crippen molar-refractivity contribution in [1.82, 2.24) is 15.0 Å². The zero-order chi connectivity index (χ0) is 16.4. The minimum Gasteiger partial charge on any atom is -0.442 e. The maximum absolute atomic E-state index is 12.2. The number of ether oxygens (including phenoxy) is 1. The van der Waals surface area contributed by atoms with Crippen LogP contribution in [-0.2, 0) is 17.0 Å². The molecule has 7 heteroatoms. The lowest BCUT2D eigenvalue weighted by Crippen LogP contribution is -2.26. The van der Waals surface area contributed by atoms with Gasteiger partial charge in [0.05, 0.1) is 18.8 Å². The zero-order valence-electron chi connectivity index (χ0n) is 13.5. The van der Waals surface area contributed by atoms with Crippen LogP contribution < -0.4 is 4.90 Å². The van der Waals surface area contributed by atoms with E-state index >= 15 is 0 Å². The van der Waals surface area contributed by atoms with Crippen molar-refractivity contribution in [2.24, 2.45) is 0 Å². The third kappa shape index (κ3) is 3.67. The molecule has 3 rings (SSSR count). The van der Waals surface area contributed by atoms with Crippen LogP contribution in [0, 0.1) is 13.8 Å². The summed E-state index contributed by atoms with van der Waals surface area (Å²) in [5.74, 6) is 0.832. The molecule has 2 aromatic rings. The SMILES string of the molecule is CSCc1cn(CC2CN(c3cc(C)cc(C)c3)C(=O)O2)nn1. The highest BCUT2D eigenvalue weighted by Crippen LogP contribution is 2.24. The number of benzene rings is 1. The third-order valence-corrected chi connectivity index (χ3v) is 4.25. The van der Waals surface area contributed by atoms with Crippen molar-refractivity contribution in [3.05, 3.63) is 41.2 Å². The largest absolute Gasteiger partial charge is 0.442 e. The van der Waals surface area contributed by atoms with Crippen LogP contribution in [0.5, 0.6) is 0 Å². The first-order valence-electron chi connectivity index (χ1n) is 7.49. The Hall–Kier alpha value is -2.02. The fraction of sp³-hybridized carbons (Fsp3) is 0.438. The summed E-state index contributed by atoms with van der Waals surface area (Å²) in [5, 5.41) is 8.20. The van der Waals surface area contributed by atoms with Crippen molar-refractivity contribution >= 4 is 23.5 Å². The van der Waals surface area contributed by atoms with Crippen molar-refractivity contribution in [2.45, 2.75) is 32.2 Å². The summed E-state index contributed by atoms with van der Waals surface area (Å²) in [5.41, 5.74) is 4.09. The Kier molecular flexibility index (Phi) is 4.56. The van der Waals surface area contributed by atoms with Gasteiger partial charge in [-0.15, -0.1) is 5.10 Å². The van der Waals surface area contributed by atoms with Gasteiger partial charge in [-0.25, -0.2) is 9.48 Å². The van der Waals surface area contributed by atoms with Gasteiger partial charge in [-0.2, -0.15) is 11.8 Å². The Bertz CT molecular complexity index is 696. The fourth-order valence-electron chi connectivity index (χ4n) is 2.78. The highest BCUT2D eigenvalue weighted by atomic mass is 32.2. The second kappa shape index (κ2) is 6.62. The Morgan fingerprint density at radius 2 is 2.04 bits per heavy atom. The van der Waals surface area contributed by atoms with Crippen LogP contribution in [0.1, 0.15) is 16.8 Å². The summed E-state index contributed by atoms with van der Waals surface area (Å²) >= 11 is 1.70. The van der Waals surface area contributed by atoms with Gasteiger partial charge in [0.1, 0.15) is 6.10 Å². The summed E-state index contributed by atoms with van der Waals surface area (Å²) in [6, 6.07) is 6.09. The molecule has 1 aliphatic rings. The average molecular weight is 332 g/mol. The molecule has 1 aromatic carbocycles. The second-order valence-corrected chi connectivity index (χ2v) is 6.69. The Labute approximate surface area is 139 Å². The summed E-state index contributed by atoms with van der Waals surface area (Å²) in [6.07, 6.45) is 3.42. The van der Waals surface area contributed by atoms with Crippen molar-refractivity contribution in [3.8, 4) is 0 Å². The molecule has 1 aliphatic heterocycles. The van der Waals surface area contributed by atoms with E-state index in [1.807, 2.05) is 38.4 Å². The number of anilines is 1. The van der Waals surface area contributed by atoms with E-state index < -0.39 is 0 Å². The summed E-state index contributed by atoms with van der Waals surface area (Å²) in [6.45, 7) is 5.10. The van der Waals surface area contributed by atoms with Crippen LogP contribution >= 0.6 is 11.8 Å². The highest BCUT2D eigenvalue weighted by molar-refractivity contribution is 7.97. The second-order valence-electron chi connectivity index (χ2n) is 5.83. The molecule has 2 heterocycles.